The van der Waals surface area contributed by atoms with Crippen LogP contribution in [-0.2, 0) is 4.74 Å². The number of pyridine rings is 1. The Labute approximate surface area is 134 Å². The van der Waals surface area contributed by atoms with E-state index in [0.29, 0.717) is 17.6 Å². The number of fused-ring (bicyclic) bond motifs is 1. The molecule has 122 valence electrons. The maximum Gasteiger partial charge on any atom is 0.267 e. The number of aromatic nitrogens is 1. The third-order valence-electron chi connectivity index (χ3n) is 4.23. The standard InChI is InChI=1S/C17H21N3O3/c1-12(20-6-8-23-9-7-20)11-18-17(22)15-10-13-4-2-3-5-14(13)16(21)19-15/h2-5,10,12H,6-9,11H2,1H3,(H,18,22)(H,19,21)/t12-/m0/s1. The number of hydrogen-bond acceptors (Lipinski definition) is 4. The van der Waals surface area contributed by atoms with Crippen molar-refractivity contribution >= 4 is 16.7 Å². The Hall–Kier alpha value is -2.18. The van der Waals surface area contributed by atoms with Gasteiger partial charge in [0.2, 0.25) is 0 Å². The van der Waals surface area contributed by atoms with Gasteiger partial charge in [-0.15, -0.1) is 0 Å². The van der Waals surface area contributed by atoms with Crippen LogP contribution in [0.3, 0.4) is 0 Å². The molecule has 1 aromatic carbocycles. The minimum atomic E-state index is -0.257. The van der Waals surface area contributed by atoms with E-state index in [1.165, 1.54) is 0 Å². The molecule has 1 amide bonds. The molecule has 2 aromatic rings. The maximum atomic E-state index is 12.3. The molecule has 2 heterocycles. The van der Waals surface area contributed by atoms with Crippen LogP contribution >= 0.6 is 0 Å². The van der Waals surface area contributed by atoms with Gasteiger partial charge >= 0.3 is 0 Å². The summed E-state index contributed by atoms with van der Waals surface area (Å²) in [6.45, 7) is 5.84. The zero-order valence-electron chi connectivity index (χ0n) is 13.2. The first kappa shape index (κ1) is 15.7. The van der Waals surface area contributed by atoms with Crippen LogP contribution in [0.5, 0.6) is 0 Å². The fraction of sp³-hybridized carbons (Fsp3) is 0.412. The first-order valence-electron chi connectivity index (χ1n) is 7.87. The van der Waals surface area contributed by atoms with Crippen molar-refractivity contribution in [1.82, 2.24) is 15.2 Å². The number of rotatable bonds is 4. The van der Waals surface area contributed by atoms with Crippen molar-refractivity contribution in [3.05, 3.63) is 46.4 Å². The molecule has 6 heteroatoms. The lowest BCUT2D eigenvalue weighted by Crippen LogP contribution is -2.47. The molecule has 0 spiro atoms. The minimum Gasteiger partial charge on any atom is -0.379 e. The Kier molecular flexibility index (Phi) is 4.73. The number of ether oxygens (including phenoxy) is 1. The van der Waals surface area contributed by atoms with E-state index in [1.54, 1.807) is 18.2 Å². The van der Waals surface area contributed by atoms with Gasteiger partial charge in [0.25, 0.3) is 11.5 Å². The number of benzene rings is 1. The molecule has 0 unspecified atom stereocenters. The van der Waals surface area contributed by atoms with Gasteiger partial charge in [-0.3, -0.25) is 14.5 Å². The molecule has 2 N–H and O–H groups in total. The van der Waals surface area contributed by atoms with Crippen molar-refractivity contribution in [1.29, 1.82) is 0 Å². The quantitative estimate of drug-likeness (QED) is 0.882. The number of hydrogen-bond donors (Lipinski definition) is 2. The monoisotopic (exact) mass is 315 g/mol. The second kappa shape index (κ2) is 6.93. The van der Waals surface area contributed by atoms with E-state index in [0.717, 1.165) is 31.7 Å². The summed E-state index contributed by atoms with van der Waals surface area (Å²) in [5, 5.41) is 4.25. The summed E-state index contributed by atoms with van der Waals surface area (Å²) in [6.07, 6.45) is 0. The van der Waals surface area contributed by atoms with Gasteiger partial charge in [-0.2, -0.15) is 0 Å². The number of aromatic amines is 1. The van der Waals surface area contributed by atoms with Crippen molar-refractivity contribution in [3.8, 4) is 0 Å². The normalized spacial score (nSPS) is 17.1. The van der Waals surface area contributed by atoms with Crippen molar-refractivity contribution in [2.45, 2.75) is 13.0 Å². The lowest BCUT2D eigenvalue weighted by molar-refractivity contribution is 0.0204. The van der Waals surface area contributed by atoms with E-state index >= 15 is 0 Å². The lowest BCUT2D eigenvalue weighted by Gasteiger charge is -2.32. The summed E-state index contributed by atoms with van der Waals surface area (Å²) in [7, 11) is 0. The molecule has 1 saturated heterocycles. The van der Waals surface area contributed by atoms with E-state index in [9.17, 15) is 9.59 Å². The molecule has 1 fully saturated rings. The van der Waals surface area contributed by atoms with Gasteiger partial charge in [0, 0.05) is 31.1 Å². The van der Waals surface area contributed by atoms with Crippen LogP contribution in [0.4, 0.5) is 0 Å². The largest absolute Gasteiger partial charge is 0.379 e. The molecular weight excluding hydrogens is 294 g/mol. The van der Waals surface area contributed by atoms with Crippen LogP contribution in [0.25, 0.3) is 10.8 Å². The highest BCUT2D eigenvalue weighted by atomic mass is 16.5. The van der Waals surface area contributed by atoms with Gasteiger partial charge in [-0.25, -0.2) is 0 Å². The first-order chi connectivity index (χ1) is 11.1. The molecular formula is C17H21N3O3. The Balaban J connectivity index is 1.67. The molecule has 0 aliphatic carbocycles. The van der Waals surface area contributed by atoms with Crippen molar-refractivity contribution < 1.29 is 9.53 Å². The average molecular weight is 315 g/mol. The number of carbonyl (C=O) groups is 1. The number of nitrogens with one attached hydrogen (secondary N) is 2. The zero-order valence-corrected chi connectivity index (χ0v) is 13.2. The summed E-state index contributed by atoms with van der Waals surface area (Å²) in [5.41, 5.74) is 0.0531. The molecule has 0 radical (unpaired) electrons. The van der Waals surface area contributed by atoms with Crippen LogP contribution in [0, 0.1) is 0 Å². The highest BCUT2D eigenvalue weighted by Gasteiger charge is 2.18. The summed E-state index contributed by atoms with van der Waals surface area (Å²) in [4.78, 5) is 29.3. The first-order valence-corrected chi connectivity index (χ1v) is 7.87. The van der Waals surface area contributed by atoms with E-state index in [2.05, 4.69) is 22.1 Å². The highest BCUT2D eigenvalue weighted by Crippen LogP contribution is 2.10. The number of carbonyl (C=O) groups excluding carboxylic acids is 1. The van der Waals surface area contributed by atoms with Crippen LogP contribution in [0.1, 0.15) is 17.4 Å². The summed E-state index contributed by atoms with van der Waals surface area (Å²) in [5.74, 6) is -0.257. The predicted octanol–water partition coefficient (Wildman–Crippen LogP) is 0.979. The Bertz CT molecular complexity index is 750. The minimum absolute atomic E-state index is 0.232. The van der Waals surface area contributed by atoms with Gasteiger partial charge in [-0.1, -0.05) is 18.2 Å². The lowest BCUT2D eigenvalue weighted by atomic mass is 10.1. The van der Waals surface area contributed by atoms with Crippen LogP contribution in [-0.4, -0.2) is 54.7 Å². The summed E-state index contributed by atoms with van der Waals surface area (Å²) in [6, 6.07) is 9.18. The molecule has 0 bridgehead atoms. The second-order valence-corrected chi connectivity index (χ2v) is 5.81. The topological polar surface area (TPSA) is 74.4 Å². The van der Waals surface area contributed by atoms with Crippen LogP contribution in [0.2, 0.25) is 0 Å². The van der Waals surface area contributed by atoms with Gasteiger partial charge < -0.3 is 15.0 Å². The second-order valence-electron chi connectivity index (χ2n) is 5.81. The summed E-state index contributed by atoms with van der Waals surface area (Å²) < 4.78 is 5.33. The zero-order chi connectivity index (χ0) is 16.2. The van der Waals surface area contributed by atoms with Gasteiger partial charge in [0.05, 0.1) is 13.2 Å². The van der Waals surface area contributed by atoms with Gasteiger partial charge in [0.1, 0.15) is 5.69 Å². The van der Waals surface area contributed by atoms with Crippen molar-refractivity contribution in [2.75, 3.05) is 32.8 Å². The molecule has 1 aromatic heterocycles. The Morgan fingerprint density at radius 1 is 1.35 bits per heavy atom. The van der Waals surface area contributed by atoms with Gasteiger partial charge in [0.15, 0.2) is 0 Å². The van der Waals surface area contributed by atoms with Crippen molar-refractivity contribution in [3.63, 3.8) is 0 Å². The molecule has 1 aliphatic rings. The third kappa shape index (κ3) is 3.60. The highest BCUT2D eigenvalue weighted by molar-refractivity contribution is 5.96. The molecule has 6 nitrogen and oxygen atoms in total. The van der Waals surface area contributed by atoms with E-state index in [4.69, 9.17) is 4.74 Å². The van der Waals surface area contributed by atoms with E-state index < -0.39 is 0 Å². The number of morpholine rings is 1. The molecule has 0 saturated carbocycles. The Morgan fingerprint density at radius 2 is 2.09 bits per heavy atom. The van der Waals surface area contributed by atoms with Crippen molar-refractivity contribution in [2.24, 2.45) is 0 Å². The van der Waals surface area contributed by atoms with Crippen LogP contribution < -0.4 is 10.9 Å². The molecule has 1 aliphatic heterocycles. The predicted molar refractivity (Wildman–Crippen MR) is 88.8 cm³/mol. The fourth-order valence-corrected chi connectivity index (χ4v) is 2.82. The summed E-state index contributed by atoms with van der Waals surface area (Å²) >= 11 is 0. The van der Waals surface area contributed by atoms with E-state index in [1.807, 2.05) is 12.1 Å². The van der Waals surface area contributed by atoms with E-state index in [-0.39, 0.29) is 17.5 Å². The van der Waals surface area contributed by atoms with Crippen LogP contribution in [0.15, 0.2) is 35.1 Å². The number of H-pyrrole nitrogens is 1. The molecule has 1 atom stereocenters. The number of amides is 1. The van der Waals surface area contributed by atoms with Gasteiger partial charge in [-0.05, 0) is 24.4 Å². The molecule has 3 rings (SSSR count). The third-order valence-corrected chi connectivity index (χ3v) is 4.23. The maximum absolute atomic E-state index is 12.3. The number of nitrogens with zero attached hydrogens (tertiary/aromatic N) is 1. The SMILES string of the molecule is C[C@@H](CNC(=O)c1cc2ccccc2c(=O)[nH]1)N1CCOCC1. The average Bonchev–Trinajstić information content (AvgIpc) is 2.60. The molecule has 23 heavy (non-hydrogen) atoms. The smallest absolute Gasteiger partial charge is 0.267 e. The fourth-order valence-electron chi connectivity index (χ4n) is 2.82. The Morgan fingerprint density at radius 3 is 2.87 bits per heavy atom.